The zero-order valence-electron chi connectivity index (χ0n) is 13.1. The van der Waals surface area contributed by atoms with Gasteiger partial charge in [0, 0.05) is 10.9 Å². The Hall–Kier alpha value is -1.69. The Bertz CT molecular complexity index is 730. The zero-order chi connectivity index (χ0) is 15.7. The molecule has 0 aliphatic carbocycles. The van der Waals surface area contributed by atoms with Crippen molar-refractivity contribution >= 4 is 27.5 Å². The van der Waals surface area contributed by atoms with E-state index in [1.54, 1.807) is 0 Å². The predicted molar refractivity (Wildman–Crippen MR) is 85.8 cm³/mol. The zero-order valence-corrected chi connectivity index (χ0v) is 13.9. The number of nitrogens with one attached hydrogen (secondary N) is 1. The summed E-state index contributed by atoms with van der Waals surface area (Å²) in [6.45, 7) is 9.95. The predicted octanol–water partition coefficient (Wildman–Crippen LogP) is 2.24. The van der Waals surface area contributed by atoms with E-state index < -0.39 is 0 Å². The van der Waals surface area contributed by atoms with Crippen molar-refractivity contribution in [2.45, 2.75) is 47.2 Å². The second-order valence-electron chi connectivity index (χ2n) is 5.74. The number of rotatable bonds is 4. The highest BCUT2D eigenvalue weighted by molar-refractivity contribution is 7.18. The van der Waals surface area contributed by atoms with Crippen LogP contribution in [0.5, 0.6) is 0 Å². The summed E-state index contributed by atoms with van der Waals surface area (Å²) in [6.07, 6.45) is 1.46. The SMILES string of the molecule is Cc1sc2ncn(CC(=O)N[C@H](C)C(C)C)c(=O)c2c1C. The van der Waals surface area contributed by atoms with Gasteiger partial charge in [-0.3, -0.25) is 14.2 Å². The summed E-state index contributed by atoms with van der Waals surface area (Å²) in [7, 11) is 0. The highest BCUT2D eigenvalue weighted by Gasteiger charge is 2.15. The Morgan fingerprint density at radius 3 is 2.67 bits per heavy atom. The largest absolute Gasteiger partial charge is 0.352 e. The van der Waals surface area contributed by atoms with Gasteiger partial charge >= 0.3 is 0 Å². The summed E-state index contributed by atoms with van der Waals surface area (Å²) in [6, 6.07) is 0.0787. The average molecular weight is 307 g/mol. The molecule has 0 fully saturated rings. The topological polar surface area (TPSA) is 64.0 Å². The van der Waals surface area contributed by atoms with Crippen molar-refractivity contribution in [2.75, 3.05) is 0 Å². The van der Waals surface area contributed by atoms with Crippen LogP contribution in [0.25, 0.3) is 10.2 Å². The quantitative estimate of drug-likeness (QED) is 0.942. The Balaban J connectivity index is 2.27. The van der Waals surface area contributed by atoms with Crippen molar-refractivity contribution in [3.8, 4) is 0 Å². The monoisotopic (exact) mass is 307 g/mol. The molecule has 0 bridgehead atoms. The Morgan fingerprint density at radius 2 is 2.05 bits per heavy atom. The van der Waals surface area contributed by atoms with Crippen LogP contribution in [-0.4, -0.2) is 21.5 Å². The van der Waals surface area contributed by atoms with Crippen molar-refractivity contribution in [3.63, 3.8) is 0 Å². The molecule has 1 amide bonds. The highest BCUT2D eigenvalue weighted by atomic mass is 32.1. The Labute approximate surface area is 128 Å². The molecular formula is C15H21N3O2S. The van der Waals surface area contributed by atoms with Gasteiger partial charge in [0.1, 0.15) is 11.4 Å². The molecule has 2 rings (SSSR count). The summed E-state index contributed by atoms with van der Waals surface area (Å²) >= 11 is 1.51. The second kappa shape index (κ2) is 5.97. The van der Waals surface area contributed by atoms with E-state index in [9.17, 15) is 9.59 Å². The van der Waals surface area contributed by atoms with Crippen LogP contribution < -0.4 is 10.9 Å². The molecular weight excluding hydrogens is 286 g/mol. The molecule has 2 aromatic heterocycles. The molecule has 2 aromatic rings. The molecule has 0 saturated carbocycles. The van der Waals surface area contributed by atoms with Crippen molar-refractivity contribution < 1.29 is 4.79 Å². The van der Waals surface area contributed by atoms with Crippen molar-refractivity contribution in [3.05, 3.63) is 27.1 Å². The smallest absolute Gasteiger partial charge is 0.262 e. The van der Waals surface area contributed by atoms with Gasteiger partial charge in [-0.2, -0.15) is 0 Å². The molecule has 6 heteroatoms. The number of hydrogen-bond acceptors (Lipinski definition) is 4. The first-order valence-corrected chi connectivity index (χ1v) is 7.87. The van der Waals surface area contributed by atoms with Gasteiger partial charge in [0.05, 0.1) is 11.7 Å². The number of thiophene rings is 1. The molecule has 1 atom stereocenters. The van der Waals surface area contributed by atoms with Crippen molar-refractivity contribution in [2.24, 2.45) is 5.92 Å². The van der Waals surface area contributed by atoms with E-state index in [1.165, 1.54) is 22.2 Å². The fourth-order valence-corrected chi connectivity index (χ4v) is 2.99. The van der Waals surface area contributed by atoms with E-state index in [2.05, 4.69) is 10.3 Å². The number of hydrogen-bond donors (Lipinski definition) is 1. The molecule has 0 aliphatic rings. The van der Waals surface area contributed by atoms with Crippen molar-refractivity contribution in [1.82, 2.24) is 14.9 Å². The van der Waals surface area contributed by atoms with Crippen LogP contribution in [0.3, 0.4) is 0 Å². The van der Waals surface area contributed by atoms with Gasteiger partial charge in [-0.25, -0.2) is 4.98 Å². The number of fused-ring (bicyclic) bond motifs is 1. The first-order chi connectivity index (χ1) is 9.81. The lowest BCUT2D eigenvalue weighted by Crippen LogP contribution is -2.39. The van der Waals surface area contributed by atoms with E-state index in [0.717, 1.165) is 15.3 Å². The highest BCUT2D eigenvalue weighted by Crippen LogP contribution is 2.25. The lowest BCUT2D eigenvalue weighted by atomic mass is 10.1. The minimum atomic E-state index is -0.163. The van der Waals surface area contributed by atoms with E-state index in [4.69, 9.17) is 0 Å². The van der Waals surface area contributed by atoms with Crippen LogP contribution in [0.2, 0.25) is 0 Å². The molecule has 21 heavy (non-hydrogen) atoms. The molecule has 1 N–H and O–H groups in total. The number of carbonyl (C=O) groups is 1. The normalized spacial score (nSPS) is 12.9. The van der Waals surface area contributed by atoms with E-state index in [-0.39, 0.29) is 24.1 Å². The molecule has 5 nitrogen and oxygen atoms in total. The Morgan fingerprint density at radius 1 is 1.38 bits per heavy atom. The van der Waals surface area contributed by atoms with Crippen LogP contribution in [-0.2, 0) is 11.3 Å². The lowest BCUT2D eigenvalue weighted by molar-refractivity contribution is -0.122. The fraction of sp³-hybridized carbons (Fsp3) is 0.533. The van der Waals surface area contributed by atoms with Gasteiger partial charge in [0.25, 0.3) is 5.56 Å². The minimum Gasteiger partial charge on any atom is -0.352 e. The number of aromatic nitrogens is 2. The summed E-state index contributed by atoms with van der Waals surface area (Å²) < 4.78 is 1.38. The van der Waals surface area contributed by atoms with Gasteiger partial charge < -0.3 is 5.32 Å². The minimum absolute atomic E-state index is 0.00711. The van der Waals surface area contributed by atoms with Gasteiger partial charge in [0.2, 0.25) is 5.91 Å². The molecule has 114 valence electrons. The third-order valence-electron chi connectivity index (χ3n) is 3.86. The Kier molecular flexibility index (Phi) is 4.46. The number of aryl methyl sites for hydroxylation is 2. The summed E-state index contributed by atoms with van der Waals surface area (Å²) in [4.78, 5) is 30.6. The van der Waals surface area contributed by atoms with Crippen LogP contribution in [0.1, 0.15) is 31.2 Å². The van der Waals surface area contributed by atoms with Crippen LogP contribution in [0, 0.1) is 19.8 Å². The molecule has 2 heterocycles. The van der Waals surface area contributed by atoms with Gasteiger partial charge in [-0.05, 0) is 32.3 Å². The molecule has 0 radical (unpaired) electrons. The van der Waals surface area contributed by atoms with Crippen LogP contribution in [0.15, 0.2) is 11.1 Å². The lowest BCUT2D eigenvalue weighted by Gasteiger charge is -2.17. The number of carbonyl (C=O) groups excluding carboxylic acids is 1. The van der Waals surface area contributed by atoms with Crippen LogP contribution >= 0.6 is 11.3 Å². The summed E-state index contributed by atoms with van der Waals surface area (Å²) in [5.41, 5.74) is 0.812. The molecule has 0 unspecified atom stereocenters. The first-order valence-electron chi connectivity index (χ1n) is 7.05. The number of nitrogens with zero attached hydrogens (tertiary/aromatic N) is 2. The standard InChI is InChI=1S/C15H21N3O2S/c1-8(2)10(4)17-12(19)6-18-7-16-14-13(15(18)20)9(3)11(5)21-14/h7-8,10H,6H2,1-5H3,(H,17,19)/t10-/m1/s1. The molecule has 0 aliphatic heterocycles. The second-order valence-corrected chi connectivity index (χ2v) is 6.94. The molecule has 0 saturated heterocycles. The maximum atomic E-state index is 12.5. The van der Waals surface area contributed by atoms with E-state index >= 15 is 0 Å². The maximum Gasteiger partial charge on any atom is 0.262 e. The third kappa shape index (κ3) is 3.15. The van der Waals surface area contributed by atoms with Gasteiger partial charge in [-0.1, -0.05) is 13.8 Å². The van der Waals surface area contributed by atoms with Crippen molar-refractivity contribution in [1.29, 1.82) is 0 Å². The third-order valence-corrected chi connectivity index (χ3v) is 4.97. The summed E-state index contributed by atoms with van der Waals surface area (Å²) in [5.74, 6) is 0.192. The van der Waals surface area contributed by atoms with Crippen LogP contribution in [0.4, 0.5) is 0 Å². The van der Waals surface area contributed by atoms with Gasteiger partial charge in [0.15, 0.2) is 0 Å². The van der Waals surface area contributed by atoms with E-state index in [1.807, 2.05) is 34.6 Å². The fourth-order valence-electron chi connectivity index (χ4n) is 2.00. The maximum absolute atomic E-state index is 12.5. The summed E-state index contributed by atoms with van der Waals surface area (Å²) in [5, 5.41) is 3.53. The molecule has 0 aromatic carbocycles. The van der Waals surface area contributed by atoms with E-state index in [0.29, 0.717) is 11.3 Å². The first kappa shape index (κ1) is 15.7. The van der Waals surface area contributed by atoms with Gasteiger partial charge in [-0.15, -0.1) is 11.3 Å². The molecule has 0 spiro atoms. The average Bonchev–Trinajstić information content (AvgIpc) is 2.69. The number of amides is 1.